The number of benzene rings is 4. The van der Waals surface area contributed by atoms with Crippen LogP contribution in [0.5, 0.6) is 0 Å². The van der Waals surface area contributed by atoms with E-state index in [9.17, 15) is 5.11 Å². The molecular formula is C25H19O2. The molecule has 0 amide bonds. The smallest absolute Gasteiger partial charge is 0.202 e. The molecule has 0 spiro atoms. The van der Waals surface area contributed by atoms with E-state index in [1.807, 2.05) is 60.7 Å². The lowest BCUT2D eigenvalue weighted by Crippen LogP contribution is -2.20. The van der Waals surface area contributed by atoms with Crippen LogP contribution in [0.15, 0.2) is 91.0 Å². The van der Waals surface area contributed by atoms with E-state index < -0.39 is 6.29 Å². The van der Waals surface area contributed by atoms with Crippen molar-refractivity contribution in [3.8, 4) is 11.1 Å². The van der Waals surface area contributed by atoms with Gasteiger partial charge in [-0.3, -0.25) is 0 Å². The maximum absolute atomic E-state index is 13.1. The maximum atomic E-state index is 13.1. The minimum absolute atomic E-state index is 0.271. The molecule has 1 atom stereocenters. The second-order valence-corrected chi connectivity index (χ2v) is 6.97. The molecule has 0 saturated heterocycles. The van der Waals surface area contributed by atoms with E-state index in [2.05, 4.69) is 30.3 Å². The van der Waals surface area contributed by atoms with Crippen LogP contribution < -0.4 is 0 Å². The Balaban J connectivity index is 1.45. The number of fused-ring (bicyclic) bond motifs is 4. The first-order chi connectivity index (χ1) is 13.3. The van der Waals surface area contributed by atoms with Crippen LogP contribution in [0.3, 0.4) is 0 Å². The summed E-state index contributed by atoms with van der Waals surface area (Å²) in [5.74, 6) is -0.271. The summed E-state index contributed by atoms with van der Waals surface area (Å²) in [7, 11) is 0. The van der Waals surface area contributed by atoms with E-state index in [-0.39, 0.29) is 5.92 Å². The molecule has 0 aromatic heterocycles. The molecule has 0 aliphatic heterocycles. The Morgan fingerprint density at radius 1 is 0.704 bits per heavy atom. The van der Waals surface area contributed by atoms with Gasteiger partial charge < -0.3 is 4.74 Å². The molecule has 131 valence electrons. The topological polar surface area (TPSA) is 29.1 Å². The Labute approximate surface area is 158 Å². The first kappa shape index (κ1) is 16.2. The van der Waals surface area contributed by atoms with Crippen LogP contribution in [0.25, 0.3) is 21.9 Å². The van der Waals surface area contributed by atoms with Crippen LogP contribution in [0, 0.1) is 0 Å². The second kappa shape index (κ2) is 6.66. The van der Waals surface area contributed by atoms with E-state index in [1.54, 1.807) is 0 Å². The van der Waals surface area contributed by atoms with Gasteiger partial charge in [0.25, 0.3) is 0 Å². The van der Waals surface area contributed by atoms with Crippen molar-refractivity contribution in [1.82, 2.24) is 0 Å². The SMILES string of the molecule is [O]C(OCc1cccc2ccccc12)C1c2ccccc2-c2ccccc21. The van der Waals surface area contributed by atoms with Crippen LogP contribution in [0.4, 0.5) is 0 Å². The number of rotatable bonds is 4. The normalized spacial score (nSPS) is 14.1. The fraction of sp³-hybridized carbons (Fsp3) is 0.120. The predicted octanol–water partition coefficient (Wildman–Crippen LogP) is 5.93. The van der Waals surface area contributed by atoms with Crippen molar-refractivity contribution in [3.05, 3.63) is 108 Å². The molecule has 1 radical (unpaired) electrons. The minimum atomic E-state index is -1.14. The Morgan fingerprint density at radius 2 is 1.30 bits per heavy atom. The van der Waals surface area contributed by atoms with E-state index >= 15 is 0 Å². The van der Waals surface area contributed by atoms with Crippen LogP contribution in [0.2, 0.25) is 0 Å². The fourth-order valence-corrected chi connectivity index (χ4v) is 4.17. The van der Waals surface area contributed by atoms with E-state index in [0.29, 0.717) is 6.61 Å². The van der Waals surface area contributed by atoms with Gasteiger partial charge in [0.1, 0.15) is 0 Å². The molecule has 0 bridgehead atoms. The fourth-order valence-electron chi connectivity index (χ4n) is 4.17. The van der Waals surface area contributed by atoms with Gasteiger partial charge in [-0.05, 0) is 38.6 Å². The summed E-state index contributed by atoms with van der Waals surface area (Å²) in [6.07, 6.45) is -1.14. The molecule has 5 rings (SSSR count). The van der Waals surface area contributed by atoms with Gasteiger partial charge >= 0.3 is 0 Å². The summed E-state index contributed by atoms with van der Waals surface area (Å²) in [4.78, 5) is 0. The molecule has 2 heteroatoms. The van der Waals surface area contributed by atoms with Gasteiger partial charge in [0, 0.05) is 0 Å². The van der Waals surface area contributed by atoms with Crippen molar-refractivity contribution in [3.63, 3.8) is 0 Å². The summed E-state index contributed by atoms with van der Waals surface area (Å²) in [5, 5.41) is 15.4. The van der Waals surface area contributed by atoms with Crippen molar-refractivity contribution in [2.45, 2.75) is 18.8 Å². The van der Waals surface area contributed by atoms with Gasteiger partial charge in [-0.15, -0.1) is 0 Å². The Kier molecular flexibility index (Phi) is 4.01. The summed E-state index contributed by atoms with van der Waals surface area (Å²) >= 11 is 0. The van der Waals surface area contributed by atoms with Crippen molar-refractivity contribution in [2.75, 3.05) is 0 Å². The molecule has 0 N–H and O–H groups in total. The maximum Gasteiger partial charge on any atom is 0.202 e. The van der Waals surface area contributed by atoms with Crippen molar-refractivity contribution >= 4 is 10.8 Å². The molecular weight excluding hydrogens is 332 g/mol. The molecule has 1 aliphatic carbocycles. The van der Waals surface area contributed by atoms with E-state index in [1.165, 1.54) is 0 Å². The highest BCUT2D eigenvalue weighted by atomic mass is 16.6. The number of ether oxygens (including phenoxy) is 1. The molecule has 27 heavy (non-hydrogen) atoms. The summed E-state index contributed by atoms with van der Waals surface area (Å²) < 4.78 is 5.88. The van der Waals surface area contributed by atoms with Crippen molar-refractivity contribution in [1.29, 1.82) is 0 Å². The summed E-state index contributed by atoms with van der Waals surface area (Å²) in [6.45, 7) is 0.316. The predicted molar refractivity (Wildman–Crippen MR) is 107 cm³/mol. The van der Waals surface area contributed by atoms with Crippen LogP contribution in [0.1, 0.15) is 22.6 Å². The molecule has 0 fully saturated rings. The Morgan fingerprint density at radius 3 is 2.04 bits per heavy atom. The zero-order valence-corrected chi connectivity index (χ0v) is 14.8. The third kappa shape index (κ3) is 2.74. The van der Waals surface area contributed by atoms with Gasteiger partial charge in [0.2, 0.25) is 6.29 Å². The quantitative estimate of drug-likeness (QED) is 0.419. The second-order valence-electron chi connectivity index (χ2n) is 6.97. The molecule has 1 aliphatic rings. The van der Waals surface area contributed by atoms with Gasteiger partial charge in [-0.2, -0.15) is 0 Å². The third-order valence-electron chi connectivity index (χ3n) is 5.44. The molecule has 1 unspecified atom stereocenters. The number of hydrogen-bond acceptors (Lipinski definition) is 1. The first-order valence-electron chi connectivity index (χ1n) is 9.25. The summed E-state index contributed by atoms with van der Waals surface area (Å²) in [5.41, 5.74) is 5.47. The molecule has 2 nitrogen and oxygen atoms in total. The molecule has 0 saturated carbocycles. The molecule has 4 aromatic carbocycles. The monoisotopic (exact) mass is 351 g/mol. The first-order valence-corrected chi connectivity index (χ1v) is 9.25. The lowest BCUT2D eigenvalue weighted by Gasteiger charge is -2.20. The lowest BCUT2D eigenvalue weighted by molar-refractivity contribution is -0.154. The van der Waals surface area contributed by atoms with Crippen LogP contribution >= 0.6 is 0 Å². The third-order valence-corrected chi connectivity index (χ3v) is 5.44. The van der Waals surface area contributed by atoms with Crippen molar-refractivity contribution in [2.24, 2.45) is 0 Å². The average molecular weight is 351 g/mol. The largest absolute Gasteiger partial charge is 0.344 e. The molecule has 4 aromatic rings. The van der Waals surface area contributed by atoms with Crippen LogP contribution in [-0.2, 0) is 16.5 Å². The van der Waals surface area contributed by atoms with Crippen molar-refractivity contribution < 1.29 is 9.84 Å². The standard InChI is InChI=1S/C25H19O2/c26-25(27-16-18-10-7-9-17-8-1-2-11-19(17)18)24-22-14-5-3-12-20(22)21-13-4-6-15-23(21)24/h1-15,24-25H,16H2. The highest BCUT2D eigenvalue weighted by Crippen LogP contribution is 2.46. The lowest BCUT2D eigenvalue weighted by atomic mass is 9.96. The Bertz CT molecular complexity index is 1070. The Hall–Kier alpha value is -2.94. The van der Waals surface area contributed by atoms with Gasteiger partial charge in [0.15, 0.2) is 0 Å². The van der Waals surface area contributed by atoms with Gasteiger partial charge in [0.05, 0.1) is 12.5 Å². The van der Waals surface area contributed by atoms with E-state index in [0.717, 1.165) is 38.6 Å². The van der Waals surface area contributed by atoms with Gasteiger partial charge in [-0.25, -0.2) is 5.11 Å². The average Bonchev–Trinajstić information content (AvgIpc) is 3.06. The highest BCUT2D eigenvalue weighted by Gasteiger charge is 2.34. The molecule has 0 heterocycles. The zero-order valence-electron chi connectivity index (χ0n) is 14.8. The van der Waals surface area contributed by atoms with Crippen LogP contribution in [-0.4, -0.2) is 6.29 Å². The van der Waals surface area contributed by atoms with E-state index in [4.69, 9.17) is 4.74 Å². The highest BCUT2D eigenvalue weighted by molar-refractivity contribution is 5.85. The number of hydrogen-bond donors (Lipinski definition) is 0. The zero-order chi connectivity index (χ0) is 18.2. The summed E-state index contributed by atoms with van der Waals surface area (Å²) in [6, 6.07) is 30.6. The van der Waals surface area contributed by atoms with Gasteiger partial charge in [-0.1, -0.05) is 91.0 Å². The minimum Gasteiger partial charge on any atom is -0.344 e.